The second-order valence-corrected chi connectivity index (χ2v) is 7.96. The van der Waals surface area contributed by atoms with Gasteiger partial charge in [-0.3, -0.25) is 9.69 Å². The number of rotatable bonds is 4. The minimum atomic E-state index is -0.235. The molecule has 160 valence electrons. The van der Waals surface area contributed by atoms with Gasteiger partial charge >= 0.3 is 0 Å². The topological polar surface area (TPSA) is 30.0 Å². The summed E-state index contributed by atoms with van der Waals surface area (Å²) in [7, 11) is 0. The van der Waals surface area contributed by atoms with Crippen molar-refractivity contribution < 1.29 is 13.6 Å². The van der Waals surface area contributed by atoms with Crippen molar-refractivity contribution in [1.82, 2.24) is 9.80 Å². The highest BCUT2D eigenvalue weighted by Gasteiger charge is 2.30. The summed E-state index contributed by atoms with van der Waals surface area (Å²) >= 11 is 0. The fourth-order valence-corrected chi connectivity index (χ4v) is 4.28. The molecule has 0 saturated carbocycles. The van der Waals surface area contributed by atoms with Gasteiger partial charge in [0, 0.05) is 63.7 Å². The van der Waals surface area contributed by atoms with Gasteiger partial charge in [-0.05, 0) is 55.5 Å². The quantitative estimate of drug-likeness (QED) is 0.770. The molecule has 2 aliphatic rings. The number of benzene rings is 2. The van der Waals surface area contributed by atoms with Crippen molar-refractivity contribution in [2.75, 3.05) is 62.2 Å². The van der Waals surface area contributed by atoms with E-state index in [1.807, 2.05) is 11.8 Å². The number of hydrogen-bond donors (Lipinski definition) is 0. The van der Waals surface area contributed by atoms with E-state index in [0.29, 0.717) is 13.1 Å². The molecule has 1 atom stereocenters. The minimum Gasteiger partial charge on any atom is -0.369 e. The van der Waals surface area contributed by atoms with Crippen LogP contribution in [0.1, 0.15) is 6.92 Å². The molecule has 30 heavy (non-hydrogen) atoms. The third-order valence-electron chi connectivity index (χ3n) is 6.19. The normalized spacial score (nSPS) is 19.1. The van der Waals surface area contributed by atoms with Gasteiger partial charge in [-0.25, -0.2) is 8.78 Å². The van der Waals surface area contributed by atoms with E-state index >= 15 is 0 Å². The van der Waals surface area contributed by atoms with Crippen molar-refractivity contribution in [3.63, 3.8) is 0 Å². The second-order valence-electron chi connectivity index (χ2n) is 7.96. The highest BCUT2D eigenvalue weighted by Crippen LogP contribution is 2.20. The molecule has 0 aromatic heterocycles. The van der Waals surface area contributed by atoms with E-state index in [-0.39, 0.29) is 23.6 Å². The summed E-state index contributed by atoms with van der Waals surface area (Å²) in [6, 6.07) is 12.9. The molecule has 2 fully saturated rings. The Kier molecular flexibility index (Phi) is 6.18. The summed E-state index contributed by atoms with van der Waals surface area (Å²) in [5, 5.41) is 0. The van der Waals surface area contributed by atoms with E-state index in [0.717, 1.165) is 50.6 Å². The maximum atomic E-state index is 13.1. The second kappa shape index (κ2) is 9.00. The van der Waals surface area contributed by atoms with E-state index in [1.54, 1.807) is 24.3 Å². The van der Waals surface area contributed by atoms with Gasteiger partial charge in [-0.1, -0.05) is 0 Å². The molecule has 2 aliphatic heterocycles. The van der Waals surface area contributed by atoms with Crippen molar-refractivity contribution in [3.8, 4) is 0 Å². The van der Waals surface area contributed by atoms with E-state index in [1.165, 1.54) is 24.3 Å². The van der Waals surface area contributed by atoms with Gasteiger partial charge in [0.2, 0.25) is 5.91 Å². The number of anilines is 2. The lowest BCUT2D eigenvalue weighted by Gasteiger charge is -2.42. The lowest BCUT2D eigenvalue weighted by Crippen LogP contribution is -2.57. The molecule has 1 amide bonds. The first kappa shape index (κ1) is 20.6. The number of piperazine rings is 2. The Morgan fingerprint density at radius 1 is 0.700 bits per heavy atom. The SMILES string of the molecule is CC(C(=O)N1CCN(c2ccc(F)cc2)CC1)N1CCN(c2ccc(F)cc2)CC1. The predicted octanol–water partition coefficient (Wildman–Crippen LogP) is 2.82. The minimum absolute atomic E-state index is 0.155. The molecule has 0 bridgehead atoms. The Balaban J connectivity index is 1.27. The number of carbonyl (C=O) groups excluding carboxylic acids is 1. The molecular weight excluding hydrogens is 386 g/mol. The monoisotopic (exact) mass is 414 g/mol. The van der Waals surface area contributed by atoms with Crippen LogP contribution in [0.4, 0.5) is 20.2 Å². The van der Waals surface area contributed by atoms with Crippen molar-refractivity contribution in [3.05, 3.63) is 60.2 Å². The van der Waals surface area contributed by atoms with E-state index in [4.69, 9.17) is 0 Å². The van der Waals surface area contributed by atoms with Gasteiger partial charge in [0.05, 0.1) is 6.04 Å². The molecule has 2 aromatic rings. The summed E-state index contributed by atoms with van der Waals surface area (Å²) in [5.41, 5.74) is 2.01. The van der Waals surface area contributed by atoms with Crippen LogP contribution in [0.2, 0.25) is 0 Å². The lowest BCUT2D eigenvalue weighted by atomic mass is 10.1. The number of amides is 1. The van der Waals surface area contributed by atoms with Gasteiger partial charge in [0.25, 0.3) is 0 Å². The number of nitrogens with zero attached hydrogens (tertiary/aromatic N) is 4. The molecule has 0 radical (unpaired) electrons. The molecule has 0 N–H and O–H groups in total. The van der Waals surface area contributed by atoms with Gasteiger partial charge in [0.1, 0.15) is 11.6 Å². The molecular formula is C23H28F2N4O. The third kappa shape index (κ3) is 4.56. The Bertz CT molecular complexity index is 843. The smallest absolute Gasteiger partial charge is 0.239 e. The number of halogens is 2. The van der Waals surface area contributed by atoms with Crippen LogP contribution in [-0.4, -0.2) is 74.1 Å². The fraction of sp³-hybridized carbons (Fsp3) is 0.435. The van der Waals surface area contributed by atoms with Gasteiger partial charge in [-0.15, -0.1) is 0 Å². The van der Waals surface area contributed by atoms with Crippen LogP contribution in [-0.2, 0) is 4.79 Å². The highest BCUT2D eigenvalue weighted by molar-refractivity contribution is 5.81. The van der Waals surface area contributed by atoms with Crippen LogP contribution in [0.25, 0.3) is 0 Å². The average molecular weight is 415 g/mol. The molecule has 1 unspecified atom stereocenters. The summed E-state index contributed by atoms with van der Waals surface area (Å²) in [6.45, 7) is 8.10. The molecule has 2 saturated heterocycles. The first-order chi connectivity index (χ1) is 14.5. The van der Waals surface area contributed by atoms with Crippen molar-refractivity contribution >= 4 is 17.3 Å². The van der Waals surface area contributed by atoms with E-state index in [9.17, 15) is 13.6 Å². The van der Waals surface area contributed by atoms with Crippen molar-refractivity contribution in [2.45, 2.75) is 13.0 Å². The van der Waals surface area contributed by atoms with Crippen molar-refractivity contribution in [2.24, 2.45) is 0 Å². The van der Waals surface area contributed by atoms with Gasteiger partial charge < -0.3 is 14.7 Å². The molecule has 5 nitrogen and oxygen atoms in total. The summed E-state index contributed by atoms with van der Waals surface area (Å²) in [5.74, 6) is -0.291. The van der Waals surface area contributed by atoms with Crippen LogP contribution in [0.15, 0.2) is 48.5 Å². The van der Waals surface area contributed by atoms with Crippen LogP contribution in [0.5, 0.6) is 0 Å². The average Bonchev–Trinajstić information content (AvgIpc) is 2.79. The standard InChI is InChI=1S/C23H28F2N4O/c1-18(26-10-12-27(13-11-26)21-6-2-19(24)3-7-21)23(30)29-16-14-28(15-17-29)22-8-4-20(25)5-9-22/h2-9,18H,10-17H2,1H3. The maximum Gasteiger partial charge on any atom is 0.239 e. The summed E-state index contributed by atoms with van der Waals surface area (Å²) < 4.78 is 26.3. The Hall–Kier alpha value is -2.67. The summed E-state index contributed by atoms with van der Waals surface area (Å²) in [6.07, 6.45) is 0. The Morgan fingerprint density at radius 3 is 1.53 bits per heavy atom. The first-order valence-corrected chi connectivity index (χ1v) is 10.5. The van der Waals surface area contributed by atoms with E-state index in [2.05, 4.69) is 14.7 Å². The van der Waals surface area contributed by atoms with Gasteiger partial charge in [-0.2, -0.15) is 0 Å². The van der Waals surface area contributed by atoms with Crippen LogP contribution in [0.3, 0.4) is 0 Å². The maximum absolute atomic E-state index is 13.1. The highest BCUT2D eigenvalue weighted by atomic mass is 19.1. The van der Waals surface area contributed by atoms with Crippen LogP contribution < -0.4 is 9.80 Å². The van der Waals surface area contributed by atoms with Crippen molar-refractivity contribution in [1.29, 1.82) is 0 Å². The number of carbonyl (C=O) groups is 1. The zero-order valence-corrected chi connectivity index (χ0v) is 17.3. The Labute approximate surface area is 176 Å². The molecule has 0 aliphatic carbocycles. The zero-order valence-electron chi connectivity index (χ0n) is 17.3. The first-order valence-electron chi connectivity index (χ1n) is 10.5. The third-order valence-corrected chi connectivity index (χ3v) is 6.19. The molecule has 4 rings (SSSR count). The number of hydrogen-bond acceptors (Lipinski definition) is 4. The van der Waals surface area contributed by atoms with Crippen LogP contribution in [0, 0.1) is 11.6 Å². The molecule has 2 aromatic carbocycles. The van der Waals surface area contributed by atoms with E-state index < -0.39 is 0 Å². The fourth-order valence-electron chi connectivity index (χ4n) is 4.28. The molecule has 7 heteroatoms. The molecule has 2 heterocycles. The zero-order chi connectivity index (χ0) is 21.1. The predicted molar refractivity (Wildman–Crippen MR) is 115 cm³/mol. The molecule has 0 spiro atoms. The lowest BCUT2D eigenvalue weighted by molar-refractivity contribution is -0.136. The Morgan fingerprint density at radius 2 is 1.10 bits per heavy atom. The van der Waals surface area contributed by atoms with Crippen LogP contribution >= 0.6 is 0 Å². The van der Waals surface area contributed by atoms with Gasteiger partial charge in [0.15, 0.2) is 0 Å². The summed E-state index contributed by atoms with van der Waals surface area (Å²) in [4.78, 5) is 21.6. The largest absolute Gasteiger partial charge is 0.369 e.